The lowest BCUT2D eigenvalue weighted by Gasteiger charge is -2.22. The number of benzene rings is 1. The van der Waals surface area contributed by atoms with E-state index >= 15 is 0 Å². The molecule has 3 nitrogen and oxygen atoms in total. The summed E-state index contributed by atoms with van der Waals surface area (Å²) in [5.74, 6) is 0.0593. The highest BCUT2D eigenvalue weighted by Crippen LogP contribution is 2.28. The SMILES string of the molecule is Cc1cccc(CN(C(=O)CN)C2CC2)c1. The van der Waals surface area contributed by atoms with Gasteiger partial charge in [-0.1, -0.05) is 29.8 Å². The van der Waals surface area contributed by atoms with Crippen LogP contribution in [0.4, 0.5) is 0 Å². The minimum absolute atomic E-state index is 0.0593. The fourth-order valence-electron chi connectivity index (χ4n) is 1.93. The summed E-state index contributed by atoms with van der Waals surface area (Å²) >= 11 is 0. The molecular weight excluding hydrogens is 200 g/mol. The van der Waals surface area contributed by atoms with Crippen LogP contribution < -0.4 is 5.73 Å². The fraction of sp³-hybridized carbons (Fsp3) is 0.462. The summed E-state index contributed by atoms with van der Waals surface area (Å²) in [5, 5.41) is 0. The highest BCUT2D eigenvalue weighted by molar-refractivity contribution is 5.78. The molecule has 1 aromatic rings. The largest absolute Gasteiger partial charge is 0.334 e. The van der Waals surface area contributed by atoms with Crippen molar-refractivity contribution in [3.05, 3.63) is 35.4 Å². The van der Waals surface area contributed by atoms with Crippen LogP contribution >= 0.6 is 0 Å². The molecule has 0 heterocycles. The van der Waals surface area contributed by atoms with Gasteiger partial charge in [0.1, 0.15) is 0 Å². The third-order valence-corrected chi connectivity index (χ3v) is 2.92. The molecule has 1 saturated carbocycles. The first kappa shape index (κ1) is 11.1. The lowest BCUT2D eigenvalue weighted by atomic mass is 10.1. The molecule has 0 atom stereocenters. The Balaban J connectivity index is 2.08. The van der Waals surface area contributed by atoms with Crippen molar-refractivity contribution in [2.75, 3.05) is 6.54 Å². The number of rotatable bonds is 4. The van der Waals surface area contributed by atoms with E-state index in [-0.39, 0.29) is 12.5 Å². The molecule has 3 heteroatoms. The number of amides is 1. The molecule has 1 aliphatic rings. The molecule has 0 aliphatic heterocycles. The van der Waals surface area contributed by atoms with Crippen molar-refractivity contribution in [3.63, 3.8) is 0 Å². The predicted octanol–water partition coefficient (Wildman–Crippen LogP) is 1.44. The van der Waals surface area contributed by atoms with Crippen molar-refractivity contribution < 1.29 is 4.79 Å². The molecule has 1 aliphatic carbocycles. The quantitative estimate of drug-likeness (QED) is 0.831. The van der Waals surface area contributed by atoms with Crippen LogP contribution in [0, 0.1) is 6.92 Å². The summed E-state index contributed by atoms with van der Waals surface area (Å²) in [6.07, 6.45) is 2.25. The van der Waals surface area contributed by atoms with Crippen LogP contribution in [0.3, 0.4) is 0 Å². The molecule has 0 spiro atoms. The number of carbonyl (C=O) groups excluding carboxylic acids is 1. The second-order valence-corrected chi connectivity index (χ2v) is 4.45. The third-order valence-electron chi connectivity index (χ3n) is 2.92. The molecule has 16 heavy (non-hydrogen) atoms. The van der Waals surface area contributed by atoms with Crippen LogP contribution in [0.5, 0.6) is 0 Å². The molecule has 2 rings (SSSR count). The molecule has 1 fully saturated rings. The van der Waals surface area contributed by atoms with Crippen molar-refractivity contribution in [1.82, 2.24) is 4.90 Å². The Hall–Kier alpha value is -1.35. The fourth-order valence-corrected chi connectivity index (χ4v) is 1.93. The maximum atomic E-state index is 11.7. The zero-order valence-electron chi connectivity index (χ0n) is 9.65. The molecule has 0 aromatic heterocycles. The molecule has 0 radical (unpaired) electrons. The summed E-state index contributed by atoms with van der Waals surface area (Å²) in [7, 11) is 0. The van der Waals surface area contributed by atoms with Crippen LogP contribution in [0.2, 0.25) is 0 Å². The Labute approximate surface area is 96.2 Å². The van der Waals surface area contributed by atoms with E-state index in [2.05, 4.69) is 25.1 Å². The number of aryl methyl sites for hydroxylation is 1. The van der Waals surface area contributed by atoms with E-state index in [0.717, 1.165) is 12.8 Å². The van der Waals surface area contributed by atoms with E-state index in [9.17, 15) is 4.79 Å². The summed E-state index contributed by atoms with van der Waals surface area (Å²) in [6.45, 7) is 2.88. The van der Waals surface area contributed by atoms with Crippen molar-refractivity contribution in [3.8, 4) is 0 Å². The topological polar surface area (TPSA) is 46.3 Å². The van der Waals surface area contributed by atoms with Gasteiger partial charge in [-0.3, -0.25) is 4.79 Å². The highest BCUT2D eigenvalue weighted by Gasteiger charge is 2.31. The van der Waals surface area contributed by atoms with Crippen LogP contribution in [0.1, 0.15) is 24.0 Å². The van der Waals surface area contributed by atoms with E-state index in [1.807, 2.05) is 11.0 Å². The molecule has 1 aromatic carbocycles. The Bertz CT molecular complexity index is 385. The first-order valence-corrected chi connectivity index (χ1v) is 5.76. The van der Waals surface area contributed by atoms with Crippen LogP contribution in [0.15, 0.2) is 24.3 Å². The molecular formula is C13H18N2O. The van der Waals surface area contributed by atoms with Gasteiger partial charge in [0.15, 0.2) is 0 Å². The van der Waals surface area contributed by atoms with Gasteiger partial charge in [-0.05, 0) is 25.3 Å². The maximum Gasteiger partial charge on any atom is 0.236 e. The maximum absolute atomic E-state index is 11.7. The third kappa shape index (κ3) is 2.61. The first-order valence-electron chi connectivity index (χ1n) is 5.76. The van der Waals surface area contributed by atoms with E-state index in [1.54, 1.807) is 0 Å². The standard InChI is InChI=1S/C13H18N2O/c1-10-3-2-4-11(7-10)9-15(12-5-6-12)13(16)8-14/h2-4,7,12H,5-6,8-9,14H2,1H3. The summed E-state index contributed by atoms with van der Waals surface area (Å²) in [5.41, 5.74) is 7.85. The van der Waals surface area contributed by atoms with Gasteiger partial charge in [0, 0.05) is 12.6 Å². The van der Waals surface area contributed by atoms with Crippen molar-refractivity contribution >= 4 is 5.91 Å². The van der Waals surface area contributed by atoms with Gasteiger partial charge in [0.05, 0.1) is 6.54 Å². The number of hydrogen-bond donors (Lipinski definition) is 1. The van der Waals surface area contributed by atoms with Gasteiger partial charge in [-0.2, -0.15) is 0 Å². The van der Waals surface area contributed by atoms with Crippen LogP contribution in [0.25, 0.3) is 0 Å². The molecule has 86 valence electrons. The van der Waals surface area contributed by atoms with Crippen LogP contribution in [-0.2, 0) is 11.3 Å². The van der Waals surface area contributed by atoms with Crippen molar-refractivity contribution in [2.45, 2.75) is 32.4 Å². The minimum Gasteiger partial charge on any atom is -0.334 e. The zero-order valence-corrected chi connectivity index (χ0v) is 9.65. The summed E-state index contributed by atoms with van der Waals surface area (Å²) in [6, 6.07) is 8.71. The minimum atomic E-state index is 0.0593. The highest BCUT2D eigenvalue weighted by atomic mass is 16.2. The average molecular weight is 218 g/mol. The van der Waals surface area contributed by atoms with Gasteiger partial charge in [-0.15, -0.1) is 0 Å². The number of nitrogens with two attached hydrogens (primary N) is 1. The van der Waals surface area contributed by atoms with Crippen molar-refractivity contribution in [1.29, 1.82) is 0 Å². The second-order valence-electron chi connectivity index (χ2n) is 4.45. The van der Waals surface area contributed by atoms with Gasteiger partial charge < -0.3 is 10.6 Å². The number of nitrogens with zero attached hydrogens (tertiary/aromatic N) is 1. The summed E-state index contributed by atoms with van der Waals surface area (Å²) in [4.78, 5) is 13.6. The van der Waals surface area contributed by atoms with E-state index in [1.165, 1.54) is 11.1 Å². The van der Waals surface area contributed by atoms with E-state index in [0.29, 0.717) is 12.6 Å². The molecule has 1 amide bonds. The van der Waals surface area contributed by atoms with Gasteiger partial charge >= 0.3 is 0 Å². The lowest BCUT2D eigenvalue weighted by Crippen LogP contribution is -2.37. The van der Waals surface area contributed by atoms with Gasteiger partial charge in [0.25, 0.3) is 0 Å². The van der Waals surface area contributed by atoms with Crippen LogP contribution in [-0.4, -0.2) is 23.4 Å². The normalized spacial score (nSPS) is 14.9. The summed E-state index contributed by atoms with van der Waals surface area (Å²) < 4.78 is 0. The molecule has 0 unspecified atom stereocenters. The average Bonchev–Trinajstić information content (AvgIpc) is 3.09. The zero-order chi connectivity index (χ0) is 11.5. The number of carbonyl (C=O) groups is 1. The van der Waals surface area contributed by atoms with E-state index in [4.69, 9.17) is 5.73 Å². The smallest absolute Gasteiger partial charge is 0.236 e. The second kappa shape index (κ2) is 4.66. The van der Waals surface area contributed by atoms with Gasteiger partial charge in [-0.25, -0.2) is 0 Å². The molecule has 2 N–H and O–H groups in total. The Morgan fingerprint density at radius 2 is 2.25 bits per heavy atom. The van der Waals surface area contributed by atoms with Gasteiger partial charge in [0.2, 0.25) is 5.91 Å². The van der Waals surface area contributed by atoms with E-state index < -0.39 is 0 Å². The van der Waals surface area contributed by atoms with Crippen molar-refractivity contribution in [2.24, 2.45) is 5.73 Å². The first-order chi connectivity index (χ1) is 7.70. The lowest BCUT2D eigenvalue weighted by molar-refractivity contribution is -0.130. The predicted molar refractivity (Wildman–Crippen MR) is 63.8 cm³/mol. The molecule has 0 saturated heterocycles. The molecule has 0 bridgehead atoms. The number of hydrogen-bond acceptors (Lipinski definition) is 2. The Kier molecular flexibility index (Phi) is 3.25. The Morgan fingerprint density at radius 1 is 1.50 bits per heavy atom. The monoisotopic (exact) mass is 218 g/mol. The Morgan fingerprint density at radius 3 is 2.81 bits per heavy atom.